The Balaban J connectivity index is 2.11. The molecule has 1 atom stereocenters. The number of anilines is 1. The van der Waals surface area contributed by atoms with Crippen molar-refractivity contribution in [2.75, 3.05) is 5.73 Å². The molecule has 1 amide bonds. The monoisotopic (exact) mass is 274 g/mol. The van der Waals surface area contributed by atoms with E-state index >= 15 is 0 Å². The molecular formula is C15H15ClN2O. The van der Waals surface area contributed by atoms with Crippen molar-refractivity contribution in [1.82, 2.24) is 5.32 Å². The van der Waals surface area contributed by atoms with E-state index in [0.717, 1.165) is 5.56 Å². The first-order chi connectivity index (χ1) is 9.08. The number of nitrogens with two attached hydrogens (primary N) is 1. The summed E-state index contributed by atoms with van der Waals surface area (Å²) in [6, 6.07) is 14.6. The Kier molecular flexibility index (Phi) is 4.07. The number of nitrogen functional groups attached to an aromatic ring is 1. The number of halogens is 1. The highest BCUT2D eigenvalue weighted by Gasteiger charge is 2.12. The SMILES string of the molecule is CC(NC(=O)c1ccc(Cl)c(N)c1)c1ccccc1. The first kappa shape index (κ1) is 13.4. The fraction of sp³-hybridized carbons (Fsp3) is 0.133. The van der Waals surface area contributed by atoms with Gasteiger partial charge < -0.3 is 11.1 Å². The van der Waals surface area contributed by atoms with Crippen LogP contribution in [0.2, 0.25) is 5.02 Å². The number of rotatable bonds is 3. The van der Waals surface area contributed by atoms with E-state index in [1.165, 1.54) is 0 Å². The molecule has 0 radical (unpaired) electrons. The van der Waals surface area contributed by atoms with Gasteiger partial charge in [-0.25, -0.2) is 0 Å². The maximum atomic E-state index is 12.1. The molecule has 0 bridgehead atoms. The molecule has 0 heterocycles. The second-order valence-electron chi connectivity index (χ2n) is 4.34. The molecule has 0 aliphatic carbocycles. The molecule has 2 rings (SSSR count). The Morgan fingerprint density at radius 3 is 2.53 bits per heavy atom. The highest BCUT2D eigenvalue weighted by molar-refractivity contribution is 6.33. The summed E-state index contributed by atoms with van der Waals surface area (Å²) in [5, 5.41) is 3.37. The van der Waals surface area contributed by atoms with Crippen molar-refractivity contribution in [3.05, 3.63) is 64.7 Å². The largest absolute Gasteiger partial charge is 0.398 e. The van der Waals surface area contributed by atoms with Crippen LogP contribution in [0.15, 0.2) is 48.5 Å². The Hall–Kier alpha value is -2.00. The molecule has 2 aromatic carbocycles. The maximum absolute atomic E-state index is 12.1. The Labute approximate surface area is 117 Å². The number of carbonyl (C=O) groups excluding carboxylic acids is 1. The molecule has 1 unspecified atom stereocenters. The van der Waals surface area contributed by atoms with Gasteiger partial charge in [-0.05, 0) is 30.7 Å². The van der Waals surface area contributed by atoms with Crippen molar-refractivity contribution in [3.63, 3.8) is 0 Å². The predicted octanol–water partition coefficient (Wildman–Crippen LogP) is 3.41. The van der Waals surface area contributed by atoms with Crippen LogP contribution in [0, 0.1) is 0 Å². The van der Waals surface area contributed by atoms with Crippen LogP contribution >= 0.6 is 11.6 Å². The lowest BCUT2D eigenvalue weighted by atomic mass is 10.1. The lowest BCUT2D eigenvalue weighted by molar-refractivity contribution is 0.0940. The lowest BCUT2D eigenvalue weighted by Gasteiger charge is -2.14. The van der Waals surface area contributed by atoms with Crippen LogP contribution in [0.4, 0.5) is 5.69 Å². The normalized spacial score (nSPS) is 11.9. The molecule has 4 heteroatoms. The zero-order valence-corrected chi connectivity index (χ0v) is 11.3. The Morgan fingerprint density at radius 1 is 1.21 bits per heavy atom. The van der Waals surface area contributed by atoms with Crippen molar-refractivity contribution in [2.45, 2.75) is 13.0 Å². The quantitative estimate of drug-likeness (QED) is 0.843. The lowest BCUT2D eigenvalue weighted by Crippen LogP contribution is -2.26. The molecule has 3 N–H and O–H groups in total. The van der Waals surface area contributed by atoms with E-state index in [2.05, 4.69) is 5.32 Å². The molecule has 0 fully saturated rings. The average molecular weight is 275 g/mol. The molecule has 0 saturated heterocycles. The van der Waals surface area contributed by atoms with E-state index in [1.807, 2.05) is 37.3 Å². The van der Waals surface area contributed by atoms with E-state index in [1.54, 1.807) is 18.2 Å². The van der Waals surface area contributed by atoms with Gasteiger partial charge in [-0.15, -0.1) is 0 Å². The molecule has 19 heavy (non-hydrogen) atoms. The van der Waals surface area contributed by atoms with Gasteiger partial charge in [-0.3, -0.25) is 4.79 Å². The molecule has 0 aliphatic heterocycles. The number of carbonyl (C=O) groups is 1. The third-order valence-electron chi connectivity index (χ3n) is 2.91. The van der Waals surface area contributed by atoms with Crippen molar-refractivity contribution in [2.24, 2.45) is 0 Å². The summed E-state index contributed by atoms with van der Waals surface area (Å²) in [4.78, 5) is 12.1. The average Bonchev–Trinajstić information content (AvgIpc) is 2.42. The standard InChI is InChI=1S/C15H15ClN2O/c1-10(11-5-3-2-4-6-11)18-15(19)12-7-8-13(16)14(17)9-12/h2-10H,17H2,1H3,(H,18,19). The highest BCUT2D eigenvalue weighted by Crippen LogP contribution is 2.20. The highest BCUT2D eigenvalue weighted by atomic mass is 35.5. The Bertz CT molecular complexity index is 584. The minimum atomic E-state index is -0.167. The smallest absolute Gasteiger partial charge is 0.251 e. The molecule has 0 aromatic heterocycles. The molecule has 0 saturated carbocycles. The van der Waals surface area contributed by atoms with Gasteiger partial charge in [0.05, 0.1) is 16.8 Å². The van der Waals surface area contributed by atoms with Gasteiger partial charge >= 0.3 is 0 Å². The zero-order valence-electron chi connectivity index (χ0n) is 10.6. The molecule has 0 spiro atoms. The first-order valence-corrected chi connectivity index (χ1v) is 6.36. The molecule has 3 nitrogen and oxygen atoms in total. The summed E-state index contributed by atoms with van der Waals surface area (Å²) in [6.45, 7) is 1.94. The van der Waals surface area contributed by atoms with Crippen LogP contribution in [-0.2, 0) is 0 Å². The summed E-state index contributed by atoms with van der Waals surface area (Å²) >= 11 is 5.83. The Morgan fingerprint density at radius 2 is 1.89 bits per heavy atom. The van der Waals surface area contributed by atoms with Crippen molar-refractivity contribution in [1.29, 1.82) is 0 Å². The topological polar surface area (TPSA) is 55.1 Å². The van der Waals surface area contributed by atoms with Crippen LogP contribution in [0.3, 0.4) is 0 Å². The molecule has 0 aliphatic rings. The van der Waals surface area contributed by atoms with Crippen LogP contribution < -0.4 is 11.1 Å². The van der Waals surface area contributed by atoms with E-state index < -0.39 is 0 Å². The molecule has 2 aromatic rings. The predicted molar refractivity (Wildman–Crippen MR) is 78.2 cm³/mol. The number of nitrogens with one attached hydrogen (secondary N) is 1. The van der Waals surface area contributed by atoms with Gasteiger partial charge in [-0.1, -0.05) is 41.9 Å². The minimum Gasteiger partial charge on any atom is -0.398 e. The molecule has 98 valence electrons. The van der Waals surface area contributed by atoms with E-state index in [-0.39, 0.29) is 11.9 Å². The van der Waals surface area contributed by atoms with Crippen LogP contribution in [0.1, 0.15) is 28.9 Å². The van der Waals surface area contributed by atoms with Crippen LogP contribution in [0.5, 0.6) is 0 Å². The second-order valence-corrected chi connectivity index (χ2v) is 4.75. The van der Waals surface area contributed by atoms with Crippen LogP contribution in [0.25, 0.3) is 0 Å². The summed E-state index contributed by atoms with van der Waals surface area (Å²) in [6.07, 6.45) is 0. The number of amides is 1. The van der Waals surface area contributed by atoms with Gasteiger partial charge in [0.15, 0.2) is 0 Å². The molecular weight excluding hydrogens is 260 g/mol. The number of benzene rings is 2. The van der Waals surface area contributed by atoms with Gasteiger partial charge in [0.2, 0.25) is 0 Å². The van der Waals surface area contributed by atoms with Crippen LogP contribution in [-0.4, -0.2) is 5.91 Å². The van der Waals surface area contributed by atoms with E-state index in [4.69, 9.17) is 17.3 Å². The van der Waals surface area contributed by atoms with Gasteiger partial charge in [0.1, 0.15) is 0 Å². The third-order valence-corrected chi connectivity index (χ3v) is 3.25. The summed E-state index contributed by atoms with van der Waals surface area (Å²) in [7, 11) is 0. The minimum absolute atomic E-state index is 0.0643. The van der Waals surface area contributed by atoms with Crippen molar-refractivity contribution in [3.8, 4) is 0 Å². The van der Waals surface area contributed by atoms with Gasteiger partial charge in [0.25, 0.3) is 5.91 Å². The third kappa shape index (κ3) is 3.26. The van der Waals surface area contributed by atoms with Crippen molar-refractivity contribution >= 4 is 23.2 Å². The van der Waals surface area contributed by atoms with Crippen molar-refractivity contribution < 1.29 is 4.79 Å². The number of hydrogen-bond donors (Lipinski definition) is 2. The maximum Gasteiger partial charge on any atom is 0.251 e. The first-order valence-electron chi connectivity index (χ1n) is 5.99. The zero-order chi connectivity index (χ0) is 13.8. The summed E-state index contributed by atoms with van der Waals surface area (Å²) in [5.74, 6) is -0.167. The fourth-order valence-electron chi connectivity index (χ4n) is 1.79. The van der Waals surface area contributed by atoms with E-state index in [0.29, 0.717) is 16.3 Å². The summed E-state index contributed by atoms with van der Waals surface area (Å²) in [5.41, 5.74) is 7.65. The van der Waals surface area contributed by atoms with Gasteiger partial charge in [-0.2, -0.15) is 0 Å². The number of hydrogen-bond acceptors (Lipinski definition) is 2. The fourth-order valence-corrected chi connectivity index (χ4v) is 1.91. The second kappa shape index (κ2) is 5.76. The van der Waals surface area contributed by atoms with E-state index in [9.17, 15) is 4.79 Å². The van der Waals surface area contributed by atoms with Gasteiger partial charge in [0, 0.05) is 5.56 Å². The summed E-state index contributed by atoms with van der Waals surface area (Å²) < 4.78 is 0.